The third kappa shape index (κ3) is 6.72. The number of allylic oxidation sites excluding steroid dienone is 1. The first-order valence-corrected chi connectivity index (χ1v) is 21.1. The Hall–Kier alpha value is -3.32. The van der Waals surface area contributed by atoms with Crippen LogP contribution in [-0.4, -0.2) is 107 Å². The van der Waals surface area contributed by atoms with Crippen LogP contribution in [0.15, 0.2) is 48.6 Å². The first kappa shape index (κ1) is 36.6. The molecule has 4 aliphatic heterocycles. The summed E-state index contributed by atoms with van der Waals surface area (Å²) >= 11 is 6.49. The molecule has 1 N–H and O–H groups in total. The molecule has 1 saturated carbocycles. The van der Waals surface area contributed by atoms with E-state index in [-0.39, 0.29) is 40.9 Å². The molecule has 1 spiro atoms. The highest BCUT2D eigenvalue weighted by molar-refractivity contribution is 7.90. The Labute approximate surface area is 318 Å². The molecule has 11 nitrogen and oxygen atoms in total. The van der Waals surface area contributed by atoms with E-state index in [4.69, 9.17) is 25.8 Å². The molecule has 0 unspecified atom stereocenters. The van der Waals surface area contributed by atoms with Gasteiger partial charge in [-0.1, -0.05) is 36.7 Å². The maximum atomic E-state index is 13.6. The van der Waals surface area contributed by atoms with Crippen molar-refractivity contribution in [2.45, 2.75) is 74.7 Å². The van der Waals surface area contributed by atoms with Gasteiger partial charge in [0.05, 0.1) is 23.6 Å². The van der Waals surface area contributed by atoms with Crippen molar-refractivity contribution in [2.24, 2.45) is 17.8 Å². The number of amides is 2. The van der Waals surface area contributed by atoms with Gasteiger partial charge in [-0.25, -0.2) is 17.9 Å². The van der Waals surface area contributed by atoms with Gasteiger partial charge in [-0.3, -0.25) is 14.6 Å². The van der Waals surface area contributed by atoms with E-state index in [1.807, 2.05) is 30.0 Å². The normalized spacial score (nSPS) is 34.8. The first-order chi connectivity index (χ1) is 25.4. The molecule has 0 radical (unpaired) electrons. The number of piperazine rings is 1. The molecule has 2 aromatic rings. The molecular formula is C40H51ClN4O7S. The van der Waals surface area contributed by atoms with Crippen LogP contribution in [0.4, 0.5) is 10.5 Å². The smallest absolute Gasteiger partial charge is 0.410 e. The third-order valence-electron chi connectivity index (χ3n) is 13.3. The van der Waals surface area contributed by atoms with Crippen LogP contribution in [0.2, 0.25) is 5.02 Å². The summed E-state index contributed by atoms with van der Waals surface area (Å²) in [7, 11) is -2.19. The summed E-state index contributed by atoms with van der Waals surface area (Å²) < 4.78 is 48.3. The van der Waals surface area contributed by atoms with Crippen LogP contribution in [-0.2, 0) is 31.3 Å². The van der Waals surface area contributed by atoms with Crippen molar-refractivity contribution < 1.29 is 32.2 Å². The van der Waals surface area contributed by atoms with Crippen LogP contribution in [0.5, 0.6) is 5.75 Å². The molecular weight excluding hydrogens is 716 g/mol. The fraction of sp³-hybridized carbons (Fsp3) is 0.600. The Kier molecular flexibility index (Phi) is 9.73. The molecule has 8 rings (SSSR count). The minimum absolute atomic E-state index is 0.0195. The number of halogens is 1. The van der Waals surface area contributed by atoms with Crippen LogP contribution in [0.1, 0.15) is 67.4 Å². The second-order valence-electron chi connectivity index (χ2n) is 16.3. The van der Waals surface area contributed by atoms with E-state index in [0.29, 0.717) is 51.6 Å². The van der Waals surface area contributed by atoms with Gasteiger partial charge in [0.1, 0.15) is 18.0 Å². The molecule has 2 aliphatic carbocycles. The quantitative estimate of drug-likeness (QED) is 0.410. The first-order valence-electron chi connectivity index (χ1n) is 19.2. The van der Waals surface area contributed by atoms with Crippen LogP contribution in [0.3, 0.4) is 0 Å². The lowest BCUT2D eigenvalue weighted by Crippen LogP contribution is -2.60. The molecule has 6 aliphatic rings. The van der Waals surface area contributed by atoms with Crippen LogP contribution >= 0.6 is 11.6 Å². The number of methoxy groups -OCH3 is 1. The van der Waals surface area contributed by atoms with E-state index in [1.54, 1.807) is 20.1 Å². The molecule has 53 heavy (non-hydrogen) atoms. The number of aryl methyl sites for hydroxylation is 1. The van der Waals surface area contributed by atoms with Crippen molar-refractivity contribution >= 4 is 39.3 Å². The number of rotatable bonds is 3. The number of hydrogen-bond acceptors (Lipinski definition) is 9. The van der Waals surface area contributed by atoms with Crippen LogP contribution in [0.25, 0.3) is 0 Å². The van der Waals surface area contributed by atoms with Gasteiger partial charge in [0.25, 0.3) is 5.91 Å². The van der Waals surface area contributed by atoms with Crippen molar-refractivity contribution in [3.63, 3.8) is 0 Å². The summed E-state index contributed by atoms with van der Waals surface area (Å²) in [5, 5.41) is -0.0847. The van der Waals surface area contributed by atoms with Crippen molar-refractivity contribution in [3.8, 4) is 5.75 Å². The molecule has 3 fully saturated rings. The Morgan fingerprint density at radius 2 is 1.91 bits per heavy atom. The van der Waals surface area contributed by atoms with Gasteiger partial charge in [-0.05, 0) is 105 Å². The molecule has 7 atom stereocenters. The number of hydrogen-bond donors (Lipinski definition) is 1. The van der Waals surface area contributed by atoms with Crippen molar-refractivity contribution in [1.29, 1.82) is 0 Å². The Morgan fingerprint density at radius 3 is 2.70 bits per heavy atom. The summed E-state index contributed by atoms with van der Waals surface area (Å²) in [6.07, 6.45) is 9.48. The van der Waals surface area contributed by atoms with E-state index in [0.717, 1.165) is 55.9 Å². The predicted molar refractivity (Wildman–Crippen MR) is 203 cm³/mol. The average molecular weight is 767 g/mol. The van der Waals surface area contributed by atoms with Gasteiger partial charge in [0, 0.05) is 62.4 Å². The predicted octanol–water partition coefficient (Wildman–Crippen LogP) is 5.41. The molecule has 0 aromatic heterocycles. The Bertz CT molecular complexity index is 1910. The molecule has 2 aromatic carbocycles. The summed E-state index contributed by atoms with van der Waals surface area (Å²) in [5.41, 5.74) is 2.65. The number of ether oxygens (including phenoxy) is 3. The van der Waals surface area contributed by atoms with Gasteiger partial charge in [-0.2, -0.15) is 0 Å². The monoisotopic (exact) mass is 766 g/mol. The van der Waals surface area contributed by atoms with Crippen molar-refractivity contribution in [2.75, 3.05) is 64.5 Å². The molecule has 2 amide bonds. The summed E-state index contributed by atoms with van der Waals surface area (Å²) in [6, 6.07) is 11.5. The number of benzene rings is 2. The van der Waals surface area contributed by atoms with Gasteiger partial charge in [-0.15, -0.1) is 0 Å². The fourth-order valence-electron chi connectivity index (χ4n) is 9.85. The molecule has 286 valence electrons. The Morgan fingerprint density at radius 1 is 1.06 bits per heavy atom. The minimum Gasteiger partial charge on any atom is -0.490 e. The maximum absolute atomic E-state index is 13.6. The van der Waals surface area contributed by atoms with E-state index >= 15 is 0 Å². The lowest BCUT2D eigenvalue weighted by Gasteiger charge is -2.52. The van der Waals surface area contributed by atoms with Gasteiger partial charge in [0.15, 0.2) is 0 Å². The minimum atomic E-state index is -3.99. The molecule has 2 bridgehead atoms. The molecule has 2 saturated heterocycles. The average Bonchev–Trinajstić information content (AvgIpc) is 3.42. The number of carbonyl (C=O) groups is 2. The highest BCUT2D eigenvalue weighted by Crippen LogP contribution is 2.49. The van der Waals surface area contributed by atoms with Crippen molar-refractivity contribution in [1.82, 2.24) is 14.5 Å². The van der Waals surface area contributed by atoms with Crippen LogP contribution in [0, 0.1) is 17.8 Å². The number of nitrogens with one attached hydrogen (secondary N) is 1. The zero-order valence-corrected chi connectivity index (χ0v) is 32.5. The number of anilines is 1. The number of fused-ring (bicyclic) bond motifs is 5. The molecule has 4 heterocycles. The van der Waals surface area contributed by atoms with Gasteiger partial charge < -0.3 is 19.1 Å². The highest BCUT2D eigenvalue weighted by atomic mass is 35.5. The van der Waals surface area contributed by atoms with Gasteiger partial charge in [0.2, 0.25) is 10.0 Å². The second kappa shape index (κ2) is 14.1. The standard InChI is InChI=1S/C40H51ClN4O7S/c1-26-6-4-15-40(50-3,24-43-16-17-45-32(21-43)22-51-38(45)47)34-11-8-30(34)20-44-23-39(14-5-7-28-18-31(41)10-12-33(28)39)25-52-36-13-9-29(19-35(36)44)37(46)42-53(48,49)27(26)2/h4,9-10,12-13,15,18-19,26-27,30,32,34H,5-8,11,14,16-17,20-25H2,1-3H3,(H,42,46)/b15-4+/t26-,27+,30-,32-,34+,39-,40-/m0/s1. The number of nitrogens with zero attached hydrogens (tertiary/aromatic N) is 3. The number of carbonyl (C=O) groups excluding carboxylic acids is 2. The third-order valence-corrected chi connectivity index (χ3v) is 15.4. The van der Waals surface area contributed by atoms with Crippen molar-refractivity contribution in [3.05, 3.63) is 70.3 Å². The van der Waals surface area contributed by atoms with E-state index in [2.05, 4.69) is 38.8 Å². The van der Waals surface area contributed by atoms with E-state index in [9.17, 15) is 18.0 Å². The van der Waals surface area contributed by atoms with Gasteiger partial charge >= 0.3 is 6.09 Å². The summed E-state index contributed by atoms with van der Waals surface area (Å²) in [6.45, 7) is 8.55. The molecule has 13 heteroatoms. The maximum Gasteiger partial charge on any atom is 0.410 e. The van der Waals surface area contributed by atoms with Crippen LogP contribution < -0.4 is 14.4 Å². The topological polar surface area (TPSA) is 118 Å². The summed E-state index contributed by atoms with van der Waals surface area (Å²) in [5.74, 6) is 0.239. The summed E-state index contributed by atoms with van der Waals surface area (Å²) in [4.78, 5) is 32.6. The zero-order chi connectivity index (χ0) is 37.1. The largest absolute Gasteiger partial charge is 0.490 e. The lowest BCUT2D eigenvalue weighted by molar-refractivity contribution is -0.0962. The SMILES string of the molecule is CO[C@]1(CN2CCN3C(=O)OC[C@@H]3C2)/C=C/C[C@H](C)[C@@H](C)S(=O)(=O)NC(=O)c2ccc3c(c2)N(C[C@@H]2CC[C@H]21)C[C@@]1(CCCc2cc(Cl)ccc21)CO3. The van der Waals surface area contributed by atoms with E-state index in [1.165, 1.54) is 11.1 Å². The Balaban J connectivity index is 1.19. The fourth-order valence-corrected chi connectivity index (χ4v) is 11.3. The lowest BCUT2D eigenvalue weighted by atomic mass is 9.63. The second-order valence-corrected chi connectivity index (χ2v) is 18.8. The number of sulfonamides is 1. The zero-order valence-electron chi connectivity index (χ0n) is 30.9. The number of cyclic esters (lactones) is 1. The van der Waals surface area contributed by atoms with E-state index < -0.39 is 26.8 Å². The highest BCUT2D eigenvalue weighted by Gasteiger charge is 2.51.